The Bertz CT molecular complexity index is 403. The van der Waals surface area contributed by atoms with Crippen molar-refractivity contribution in [2.24, 2.45) is 5.73 Å². The topological polar surface area (TPSA) is 69.4 Å². The van der Waals surface area contributed by atoms with Gasteiger partial charge >= 0.3 is 5.97 Å². The van der Waals surface area contributed by atoms with Gasteiger partial charge in [0.1, 0.15) is 0 Å². The molecule has 17 heavy (non-hydrogen) atoms. The van der Waals surface area contributed by atoms with Gasteiger partial charge in [0.2, 0.25) is 5.91 Å². The van der Waals surface area contributed by atoms with Crippen LogP contribution in [0, 0.1) is 0 Å². The maximum absolute atomic E-state index is 11.2. The van der Waals surface area contributed by atoms with Gasteiger partial charge in [0.05, 0.1) is 17.9 Å². The molecular weight excluding hydrogens is 238 g/mol. The lowest BCUT2D eigenvalue weighted by molar-refractivity contribution is -0.117. The predicted octanol–water partition coefficient (Wildman–Crippen LogP) is 1.58. The van der Waals surface area contributed by atoms with Crippen LogP contribution in [0.2, 0.25) is 0 Å². The van der Waals surface area contributed by atoms with E-state index in [0.717, 1.165) is 5.56 Å². The zero-order chi connectivity index (χ0) is 12.8. The molecule has 1 aromatic carbocycles. The van der Waals surface area contributed by atoms with Gasteiger partial charge in [-0.05, 0) is 24.6 Å². The molecule has 1 aromatic rings. The van der Waals surface area contributed by atoms with Crippen LogP contribution in [-0.2, 0) is 15.3 Å². The summed E-state index contributed by atoms with van der Waals surface area (Å²) in [6.07, 6.45) is 0. The molecule has 2 N–H and O–H groups in total. The Morgan fingerprint density at radius 1 is 1.35 bits per heavy atom. The molecule has 0 aliphatic carbocycles. The summed E-state index contributed by atoms with van der Waals surface area (Å²) in [5, 5.41) is -0.213. The molecule has 0 aliphatic heterocycles. The summed E-state index contributed by atoms with van der Waals surface area (Å²) in [5.41, 5.74) is 6.72. The van der Waals surface area contributed by atoms with E-state index in [1.54, 1.807) is 19.1 Å². The van der Waals surface area contributed by atoms with Crippen LogP contribution < -0.4 is 5.73 Å². The fraction of sp³-hybridized carbons (Fsp3) is 0.333. The van der Waals surface area contributed by atoms with Crippen LogP contribution in [-0.4, -0.2) is 24.2 Å². The largest absolute Gasteiger partial charge is 0.465 e. The second-order valence-electron chi connectivity index (χ2n) is 3.54. The third kappa shape index (κ3) is 4.11. The van der Waals surface area contributed by atoms with Crippen molar-refractivity contribution in [3.05, 3.63) is 35.4 Å². The van der Waals surface area contributed by atoms with Gasteiger partial charge in [0, 0.05) is 5.75 Å². The highest BCUT2D eigenvalue weighted by Gasteiger charge is 2.09. The summed E-state index contributed by atoms with van der Waals surface area (Å²) in [5.74, 6) is 0.0156. The fourth-order valence-corrected chi connectivity index (χ4v) is 1.96. The predicted molar refractivity (Wildman–Crippen MR) is 67.7 cm³/mol. The molecule has 0 saturated carbocycles. The molecule has 0 fully saturated rings. The van der Waals surface area contributed by atoms with Crippen LogP contribution in [0.5, 0.6) is 0 Å². The lowest BCUT2D eigenvalue weighted by Crippen LogP contribution is -2.22. The van der Waals surface area contributed by atoms with Gasteiger partial charge in [-0.2, -0.15) is 0 Å². The van der Waals surface area contributed by atoms with Gasteiger partial charge in [-0.25, -0.2) is 4.79 Å². The van der Waals surface area contributed by atoms with Crippen LogP contribution in [0.3, 0.4) is 0 Å². The standard InChI is InChI=1S/C12H15NO3S/c1-8(11(13)14)17-7-9-3-5-10(6-4-9)12(15)16-2/h3-6,8H,7H2,1-2H3,(H2,13,14). The quantitative estimate of drug-likeness (QED) is 0.809. The highest BCUT2D eigenvalue weighted by Crippen LogP contribution is 2.17. The van der Waals surface area contributed by atoms with E-state index < -0.39 is 0 Å². The number of ether oxygens (including phenoxy) is 1. The van der Waals surface area contributed by atoms with E-state index in [4.69, 9.17) is 5.73 Å². The van der Waals surface area contributed by atoms with Crippen LogP contribution >= 0.6 is 11.8 Å². The summed E-state index contributed by atoms with van der Waals surface area (Å²) >= 11 is 1.47. The minimum absolute atomic E-state index is 0.213. The molecule has 92 valence electrons. The van der Waals surface area contributed by atoms with Crippen molar-refractivity contribution < 1.29 is 14.3 Å². The molecule has 1 unspecified atom stereocenters. The minimum Gasteiger partial charge on any atom is -0.465 e. The molecule has 0 bridgehead atoms. The third-order valence-corrected chi connectivity index (χ3v) is 3.51. The number of carbonyl (C=O) groups is 2. The minimum atomic E-state index is -0.352. The molecule has 0 spiro atoms. The molecular formula is C12H15NO3S. The molecule has 5 heteroatoms. The van der Waals surface area contributed by atoms with Crippen LogP contribution in [0.1, 0.15) is 22.8 Å². The highest BCUT2D eigenvalue weighted by atomic mass is 32.2. The van der Waals surface area contributed by atoms with E-state index in [-0.39, 0.29) is 17.1 Å². The summed E-state index contributed by atoms with van der Waals surface area (Å²) in [6, 6.07) is 7.09. The van der Waals surface area contributed by atoms with Crippen LogP contribution in [0.4, 0.5) is 0 Å². The summed E-state index contributed by atoms with van der Waals surface area (Å²) in [6.45, 7) is 1.77. The highest BCUT2D eigenvalue weighted by molar-refractivity contribution is 7.99. The normalized spacial score (nSPS) is 11.9. The number of methoxy groups -OCH3 is 1. The molecule has 4 nitrogen and oxygen atoms in total. The third-order valence-electron chi connectivity index (χ3n) is 2.28. The Balaban J connectivity index is 2.57. The zero-order valence-electron chi connectivity index (χ0n) is 9.80. The van der Waals surface area contributed by atoms with Crippen molar-refractivity contribution in [1.82, 2.24) is 0 Å². The van der Waals surface area contributed by atoms with E-state index >= 15 is 0 Å². The number of thioether (sulfide) groups is 1. The Labute approximate surface area is 105 Å². The molecule has 0 aromatic heterocycles. The van der Waals surface area contributed by atoms with Crippen LogP contribution in [0.15, 0.2) is 24.3 Å². The molecule has 0 radical (unpaired) electrons. The number of hydrogen-bond donors (Lipinski definition) is 1. The maximum atomic E-state index is 11.2. The van der Waals surface area contributed by atoms with Gasteiger partial charge in [-0.15, -0.1) is 11.8 Å². The maximum Gasteiger partial charge on any atom is 0.337 e. The fourth-order valence-electron chi connectivity index (χ4n) is 1.16. The second-order valence-corrected chi connectivity index (χ2v) is 4.87. The monoisotopic (exact) mass is 253 g/mol. The van der Waals surface area contributed by atoms with Crippen molar-refractivity contribution >= 4 is 23.6 Å². The van der Waals surface area contributed by atoms with E-state index in [2.05, 4.69) is 4.74 Å². The SMILES string of the molecule is COC(=O)c1ccc(CSC(C)C(N)=O)cc1. The van der Waals surface area contributed by atoms with E-state index in [1.165, 1.54) is 18.9 Å². The van der Waals surface area contributed by atoms with Crippen molar-refractivity contribution in [1.29, 1.82) is 0 Å². The molecule has 1 amide bonds. The van der Waals surface area contributed by atoms with Crippen molar-refractivity contribution in [2.75, 3.05) is 7.11 Å². The van der Waals surface area contributed by atoms with Gasteiger partial charge in [0.15, 0.2) is 0 Å². The summed E-state index contributed by atoms with van der Waals surface area (Å²) in [7, 11) is 1.35. The van der Waals surface area contributed by atoms with Crippen molar-refractivity contribution in [2.45, 2.75) is 17.9 Å². The molecule has 0 saturated heterocycles. The van der Waals surface area contributed by atoms with Gasteiger partial charge < -0.3 is 10.5 Å². The van der Waals surface area contributed by atoms with E-state index in [0.29, 0.717) is 11.3 Å². The number of primary amides is 1. The number of benzene rings is 1. The van der Waals surface area contributed by atoms with Crippen LogP contribution in [0.25, 0.3) is 0 Å². The first kappa shape index (κ1) is 13.6. The molecule has 0 heterocycles. The first-order valence-electron chi connectivity index (χ1n) is 5.12. The molecule has 1 atom stereocenters. The Morgan fingerprint density at radius 3 is 2.41 bits per heavy atom. The Morgan fingerprint density at radius 2 is 1.94 bits per heavy atom. The van der Waals surface area contributed by atoms with Gasteiger partial charge in [-0.1, -0.05) is 12.1 Å². The van der Waals surface area contributed by atoms with E-state index in [1.807, 2.05) is 12.1 Å². The Hall–Kier alpha value is -1.49. The average Bonchev–Trinajstić information content (AvgIpc) is 2.35. The van der Waals surface area contributed by atoms with Gasteiger partial charge in [0.25, 0.3) is 0 Å². The lowest BCUT2D eigenvalue weighted by atomic mass is 10.1. The zero-order valence-corrected chi connectivity index (χ0v) is 10.6. The molecule has 1 rings (SSSR count). The average molecular weight is 253 g/mol. The molecule has 0 aliphatic rings. The number of hydrogen-bond acceptors (Lipinski definition) is 4. The second kappa shape index (κ2) is 6.30. The smallest absolute Gasteiger partial charge is 0.337 e. The number of rotatable bonds is 5. The van der Waals surface area contributed by atoms with Crippen molar-refractivity contribution in [3.63, 3.8) is 0 Å². The number of nitrogens with two attached hydrogens (primary N) is 1. The van der Waals surface area contributed by atoms with E-state index in [9.17, 15) is 9.59 Å². The first-order chi connectivity index (χ1) is 8.04. The van der Waals surface area contributed by atoms with Crippen molar-refractivity contribution in [3.8, 4) is 0 Å². The summed E-state index contributed by atoms with van der Waals surface area (Å²) < 4.78 is 4.60. The number of esters is 1. The van der Waals surface area contributed by atoms with Gasteiger partial charge in [-0.3, -0.25) is 4.79 Å². The lowest BCUT2D eigenvalue weighted by Gasteiger charge is -2.07. The first-order valence-corrected chi connectivity index (χ1v) is 6.17. The Kier molecular flexibility index (Phi) is 5.03. The summed E-state index contributed by atoms with van der Waals surface area (Å²) in [4.78, 5) is 22.0. The number of amides is 1. The number of carbonyl (C=O) groups excluding carboxylic acids is 2.